The van der Waals surface area contributed by atoms with Crippen LogP contribution < -0.4 is 15.4 Å². The van der Waals surface area contributed by atoms with Crippen LogP contribution in [-0.4, -0.2) is 24.1 Å². The summed E-state index contributed by atoms with van der Waals surface area (Å²) in [6.45, 7) is 0.456. The molecule has 0 unspecified atom stereocenters. The molecule has 0 aliphatic rings. The van der Waals surface area contributed by atoms with Crippen LogP contribution in [0.4, 0.5) is 8.78 Å². The highest BCUT2D eigenvalue weighted by atomic mass is 35.5. The van der Waals surface area contributed by atoms with Crippen molar-refractivity contribution in [1.82, 2.24) is 15.6 Å². The predicted octanol–water partition coefficient (Wildman–Crippen LogP) is 3.59. The Hall–Kier alpha value is -2.41. The molecule has 0 saturated heterocycles. The summed E-state index contributed by atoms with van der Waals surface area (Å²) in [7, 11) is 0. The van der Waals surface area contributed by atoms with Crippen molar-refractivity contribution in [1.29, 1.82) is 0 Å². The Kier molecular flexibility index (Phi) is 7.40. The number of nitrogens with zero attached hydrogens (tertiary/aromatic N) is 2. The van der Waals surface area contributed by atoms with Crippen LogP contribution in [0.1, 0.15) is 18.1 Å². The van der Waals surface area contributed by atoms with Crippen LogP contribution in [0.2, 0.25) is 5.15 Å². The Bertz CT molecular complexity index is 695. The first-order valence-electron chi connectivity index (χ1n) is 7.73. The molecule has 0 fully saturated rings. The Morgan fingerprint density at radius 3 is 2.72 bits per heavy atom. The largest absolute Gasteiger partial charge is 0.434 e. The molecule has 2 aromatic rings. The van der Waals surface area contributed by atoms with Gasteiger partial charge in [-0.2, -0.15) is 8.78 Å². The minimum absolute atomic E-state index is 0.141. The number of aliphatic imine (C=N–C) groups is 1. The second kappa shape index (κ2) is 9.78. The zero-order chi connectivity index (χ0) is 18.1. The Morgan fingerprint density at radius 1 is 1.24 bits per heavy atom. The molecule has 0 saturated carbocycles. The summed E-state index contributed by atoms with van der Waals surface area (Å²) < 4.78 is 29.4. The average Bonchev–Trinajstić information content (AvgIpc) is 2.59. The number of guanidine groups is 1. The third-order valence-corrected chi connectivity index (χ3v) is 3.41. The molecule has 1 heterocycles. The molecular formula is C17H19ClF2N4O. The van der Waals surface area contributed by atoms with Gasteiger partial charge in [-0.05, 0) is 24.6 Å². The third kappa shape index (κ3) is 6.54. The zero-order valence-electron chi connectivity index (χ0n) is 13.7. The number of para-hydroxylation sites is 1. The van der Waals surface area contributed by atoms with Crippen LogP contribution in [-0.2, 0) is 13.1 Å². The third-order valence-electron chi connectivity index (χ3n) is 3.19. The van der Waals surface area contributed by atoms with Gasteiger partial charge in [0.2, 0.25) is 0 Å². The van der Waals surface area contributed by atoms with Gasteiger partial charge in [0, 0.05) is 24.8 Å². The first-order valence-corrected chi connectivity index (χ1v) is 8.11. The molecule has 0 atom stereocenters. The van der Waals surface area contributed by atoms with Crippen molar-refractivity contribution >= 4 is 17.6 Å². The van der Waals surface area contributed by atoms with Gasteiger partial charge in [0.25, 0.3) is 0 Å². The summed E-state index contributed by atoms with van der Waals surface area (Å²) in [5.41, 5.74) is 1.52. The van der Waals surface area contributed by atoms with Crippen LogP contribution in [0.5, 0.6) is 5.75 Å². The molecule has 0 aliphatic heterocycles. The van der Waals surface area contributed by atoms with Crippen molar-refractivity contribution in [3.05, 3.63) is 58.9 Å². The lowest BCUT2D eigenvalue weighted by molar-refractivity contribution is -0.0504. The van der Waals surface area contributed by atoms with E-state index in [1.54, 1.807) is 30.5 Å². The van der Waals surface area contributed by atoms with Crippen LogP contribution in [0.25, 0.3) is 0 Å². The van der Waals surface area contributed by atoms with E-state index in [-0.39, 0.29) is 5.75 Å². The van der Waals surface area contributed by atoms with E-state index in [4.69, 9.17) is 11.6 Å². The monoisotopic (exact) mass is 368 g/mol. The van der Waals surface area contributed by atoms with Crippen molar-refractivity contribution in [3.8, 4) is 5.75 Å². The number of ether oxygens (including phenoxy) is 1. The second-order valence-electron chi connectivity index (χ2n) is 5.02. The molecule has 2 rings (SSSR count). The van der Waals surface area contributed by atoms with Gasteiger partial charge in [-0.25, -0.2) is 9.98 Å². The molecule has 0 amide bonds. The highest BCUT2D eigenvalue weighted by molar-refractivity contribution is 6.29. The molecule has 0 radical (unpaired) electrons. The van der Waals surface area contributed by atoms with Gasteiger partial charge < -0.3 is 15.4 Å². The standard InChI is InChI=1S/C17H19ClF2N4O/c1-2-21-17(23-10-12-7-8-15(18)22-9-12)24-11-13-5-3-4-6-14(13)25-16(19)20/h3-9,16H,2,10-11H2,1H3,(H2,21,23,24). The Morgan fingerprint density at radius 2 is 2.04 bits per heavy atom. The molecule has 1 aromatic carbocycles. The quantitative estimate of drug-likeness (QED) is 0.445. The van der Waals surface area contributed by atoms with Crippen molar-refractivity contribution < 1.29 is 13.5 Å². The van der Waals surface area contributed by atoms with E-state index in [0.29, 0.717) is 36.3 Å². The minimum atomic E-state index is -2.86. The van der Waals surface area contributed by atoms with Gasteiger partial charge in [-0.3, -0.25) is 0 Å². The van der Waals surface area contributed by atoms with Crippen LogP contribution in [0.15, 0.2) is 47.6 Å². The van der Waals surface area contributed by atoms with Crippen LogP contribution >= 0.6 is 11.6 Å². The SMILES string of the molecule is CCNC(=NCc1ccc(Cl)nc1)NCc1ccccc1OC(F)F. The molecule has 134 valence electrons. The number of benzene rings is 1. The fourth-order valence-corrected chi connectivity index (χ4v) is 2.16. The maximum absolute atomic E-state index is 12.5. The number of hydrogen-bond acceptors (Lipinski definition) is 3. The predicted molar refractivity (Wildman–Crippen MR) is 94.0 cm³/mol. The lowest BCUT2D eigenvalue weighted by Crippen LogP contribution is -2.36. The van der Waals surface area contributed by atoms with E-state index >= 15 is 0 Å². The van der Waals surface area contributed by atoms with E-state index in [9.17, 15) is 8.78 Å². The van der Waals surface area contributed by atoms with E-state index < -0.39 is 6.61 Å². The van der Waals surface area contributed by atoms with Crippen molar-refractivity contribution in [2.75, 3.05) is 6.54 Å². The van der Waals surface area contributed by atoms with Gasteiger partial charge in [-0.1, -0.05) is 35.9 Å². The van der Waals surface area contributed by atoms with E-state index in [0.717, 1.165) is 5.56 Å². The molecule has 2 N–H and O–H groups in total. The number of rotatable bonds is 7. The summed E-state index contributed by atoms with van der Waals surface area (Å²) in [6.07, 6.45) is 1.65. The minimum Gasteiger partial charge on any atom is -0.434 e. The number of halogens is 3. The first-order chi connectivity index (χ1) is 12.1. The van der Waals surface area contributed by atoms with Gasteiger partial charge in [0.15, 0.2) is 5.96 Å². The fraction of sp³-hybridized carbons (Fsp3) is 0.294. The first kappa shape index (κ1) is 18.9. The van der Waals surface area contributed by atoms with Gasteiger partial charge >= 0.3 is 6.61 Å². The van der Waals surface area contributed by atoms with Gasteiger partial charge in [-0.15, -0.1) is 0 Å². The van der Waals surface area contributed by atoms with E-state index in [1.807, 2.05) is 13.0 Å². The van der Waals surface area contributed by atoms with E-state index in [1.165, 1.54) is 6.07 Å². The smallest absolute Gasteiger partial charge is 0.387 e. The Balaban J connectivity index is 2.01. The van der Waals surface area contributed by atoms with Crippen molar-refractivity contribution in [2.24, 2.45) is 4.99 Å². The molecule has 0 bridgehead atoms. The number of alkyl halides is 2. The van der Waals surface area contributed by atoms with Gasteiger partial charge in [0.1, 0.15) is 10.9 Å². The summed E-state index contributed by atoms with van der Waals surface area (Å²) in [5.74, 6) is 0.701. The summed E-state index contributed by atoms with van der Waals surface area (Å²) >= 11 is 5.76. The lowest BCUT2D eigenvalue weighted by Gasteiger charge is -2.14. The van der Waals surface area contributed by atoms with Crippen LogP contribution in [0, 0.1) is 0 Å². The average molecular weight is 369 g/mol. The molecule has 25 heavy (non-hydrogen) atoms. The molecule has 1 aromatic heterocycles. The number of pyridine rings is 1. The highest BCUT2D eigenvalue weighted by Crippen LogP contribution is 2.19. The summed E-state index contributed by atoms with van der Waals surface area (Å²) in [4.78, 5) is 8.45. The van der Waals surface area contributed by atoms with Crippen molar-refractivity contribution in [2.45, 2.75) is 26.6 Å². The lowest BCUT2D eigenvalue weighted by atomic mass is 10.2. The highest BCUT2D eigenvalue weighted by Gasteiger charge is 2.09. The molecule has 0 aliphatic carbocycles. The molecule has 5 nitrogen and oxygen atoms in total. The molecule has 0 spiro atoms. The topological polar surface area (TPSA) is 58.5 Å². The van der Waals surface area contributed by atoms with Crippen molar-refractivity contribution in [3.63, 3.8) is 0 Å². The molecule has 8 heteroatoms. The summed E-state index contributed by atoms with van der Waals surface area (Å²) in [6, 6.07) is 10.2. The number of hydrogen-bond donors (Lipinski definition) is 2. The zero-order valence-corrected chi connectivity index (χ0v) is 14.4. The molecular weight excluding hydrogens is 350 g/mol. The fourth-order valence-electron chi connectivity index (χ4n) is 2.05. The maximum atomic E-state index is 12.5. The number of aromatic nitrogens is 1. The summed E-state index contributed by atoms with van der Waals surface area (Å²) in [5, 5.41) is 6.62. The number of nitrogens with one attached hydrogen (secondary N) is 2. The normalized spacial score (nSPS) is 11.5. The van der Waals surface area contributed by atoms with Gasteiger partial charge in [0.05, 0.1) is 6.54 Å². The second-order valence-corrected chi connectivity index (χ2v) is 5.41. The van der Waals surface area contributed by atoms with Crippen LogP contribution in [0.3, 0.4) is 0 Å². The Labute approximate surface area is 150 Å². The maximum Gasteiger partial charge on any atom is 0.387 e. The van der Waals surface area contributed by atoms with E-state index in [2.05, 4.69) is 25.3 Å².